The average molecular weight is 479 g/mol. The number of aromatic nitrogens is 5. The highest BCUT2D eigenvalue weighted by atomic mass is 32.1. The van der Waals surface area contributed by atoms with Crippen LogP contribution in [0.1, 0.15) is 25.7 Å². The lowest BCUT2D eigenvalue weighted by Crippen LogP contribution is -2.29. The highest BCUT2D eigenvalue weighted by molar-refractivity contribution is 7.18. The van der Waals surface area contributed by atoms with Crippen LogP contribution in [0.5, 0.6) is 0 Å². The Kier molecular flexibility index (Phi) is 6.37. The molecule has 11 heteroatoms. The first kappa shape index (κ1) is 22.2. The summed E-state index contributed by atoms with van der Waals surface area (Å²) in [4.78, 5) is 16.4. The van der Waals surface area contributed by atoms with Crippen molar-refractivity contribution in [3.05, 3.63) is 42.6 Å². The Bertz CT molecular complexity index is 1230. The van der Waals surface area contributed by atoms with E-state index in [1.807, 2.05) is 55.4 Å². The van der Waals surface area contributed by atoms with E-state index in [1.54, 1.807) is 6.20 Å². The van der Waals surface area contributed by atoms with Gasteiger partial charge in [0.2, 0.25) is 11.8 Å². The molecule has 10 nitrogen and oxygen atoms in total. The van der Waals surface area contributed by atoms with Gasteiger partial charge in [0.1, 0.15) is 16.5 Å². The second kappa shape index (κ2) is 9.74. The van der Waals surface area contributed by atoms with Crippen LogP contribution in [0.15, 0.2) is 47.0 Å². The van der Waals surface area contributed by atoms with E-state index >= 15 is 0 Å². The van der Waals surface area contributed by atoms with E-state index in [-0.39, 0.29) is 12.1 Å². The first-order valence-electron chi connectivity index (χ1n) is 11.2. The Hall–Kier alpha value is -3.57. The zero-order valence-electron chi connectivity index (χ0n) is 19.0. The standard InChI is InChI=1S/C23H26N8O2S/c1-31(2)19-12-18(26-22(28-19)25-15-8-10-16(32)11-9-15)27-23-24-13-17(34-23)21-30-29-20(33-21)14-6-4-3-5-7-14/h3-7,12-13,15-16,32H,8-11H2,1-2H3,(H2,24,25,26,27,28). The molecule has 4 aromatic rings. The average Bonchev–Trinajstić information content (AvgIpc) is 3.51. The molecule has 0 spiro atoms. The van der Waals surface area contributed by atoms with Crippen molar-refractivity contribution in [1.29, 1.82) is 0 Å². The molecule has 1 aromatic carbocycles. The Morgan fingerprint density at radius 3 is 2.56 bits per heavy atom. The quantitative estimate of drug-likeness (QED) is 0.356. The summed E-state index contributed by atoms with van der Waals surface area (Å²) in [7, 11) is 3.88. The summed E-state index contributed by atoms with van der Waals surface area (Å²) in [6.45, 7) is 0. The van der Waals surface area contributed by atoms with Crippen LogP contribution in [0.2, 0.25) is 0 Å². The van der Waals surface area contributed by atoms with Crippen molar-refractivity contribution in [2.75, 3.05) is 29.6 Å². The fourth-order valence-corrected chi connectivity index (χ4v) is 4.50. The first-order valence-corrected chi connectivity index (χ1v) is 12.0. The Morgan fingerprint density at radius 1 is 1.03 bits per heavy atom. The number of nitrogens with one attached hydrogen (secondary N) is 2. The number of hydrogen-bond donors (Lipinski definition) is 3. The summed E-state index contributed by atoms with van der Waals surface area (Å²) in [5, 5.41) is 25.4. The van der Waals surface area contributed by atoms with E-state index in [9.17, 15) is 5.11 Å². The molecule has 1 aliphatic rings. The number of thiazole rings is 1. The van der Waals surface area contributed by atoms with Crippen LogP contribution >= 0.6 is 11.3 Å². The van der Waals surface area contributed by atoms with E-state index in [4.69, 9.17) is 4.42 Å². The number of aliphatic hydroxyl groups is 1. The lowest BCUT2D eigenvalue weighted by atomic mass is 9.93. The summed E-state index contributed by atoms with van der Waals surface area (Å²) >= 11 is 1.40. The molecule has 176 valence electrons. The molecule has 1 fully saturated rings. The van der Waals surface area contributed by atoms with Gasteiger partial charge in [0, 0.05) is 31.8 Å². The summed E-state index contributed by atoms with van der Waals surface area (Å²) in [5.41, 5.74) is 0.869. The number of aliphatic hydroxyl groups excluding tert-OH is 1. The minimum absolute atomic E-state index is 0.203. The Balaban J connectivity index is 1.32. The lowest BCUT2D eigenvalue weighted by Gasteiger charge is -2.26. The maximum atomic E-state index is 9.77. The zero-order chi connectivity index (χ0) is 23.5. The SMILES string of the molecule is CN(C)c1cc(Nc2ncc(-c3nnc(-c4ccccc4)o3)s2)nc(NC2CCC(O)CC2)n1. The van der Waals surface area contributed by atoms with Crippen LogP contribution in [0.4, 0.5) is 22.7 Å². The highest BCUT2D eigenvalue weighted by Crippen LogP contribution is 2.32. The van der Waals surface area contributed by atoms with E-state index in [0.29, 0.717) is 28.7 Å². The first-order chi connectivity index (χ1) is 16.5. The molecule has 34 heavy (non-hydrogen) atoms. The molecule has 0 bridgehead atoms. The van der Waals surface area contributed by atoms with Crippen LogP contribution in [0.3, 0.4) is 0 Å². The van der Waals surface area contributed by atoms with Crippen molar-refractivity contribution in [2.45, 2.75) is 37.8 Å². The smallest absolute Gasteiger partial charge is 0.259 e. The van der Waals surface area contributed by atoms with Gasteiger partial charge in [-0.15, -0.1) is 10.2 Å². The molecule has 5 rings (SSSR count). The van der Waals surface area contributed by atoms with Crippen LogP contribution in [-0.4, -0.2) is 56.5 Å². The zero-order valence-corrected chi connectivity index (χ0v) is 19.8. The van der Waals surface area contributed by atoms with Crippen molar-refractivity contribution in [1.82, 2.24) is 25.1 Å². The van der Waals surface area contributed by atoms with Crippen LogP contribution in [0, 0.1) is 0 Å². The van der Waals surface area contributed by atoms with E-state index < -0.39 is 0 Å². The van der Waals surface area contributed by atoms with Gasteiger partial charge in [0.15, 0.2) is 5.13 Å². The third-order valence-electron chi connectivity index (χ3n) is 5.60. The molecule has 0 radical (unpaired) electrons. The highest BCUT2D eigenvalue weighted by Gasteiger charge is 2.21. The summed E-state index contributed by atoms with van der Waals surface area (Å²) in [6.07, 6.45) is 4.87. The van der Waals surface area contributed by atoms with Gasteiger partial charge in [0.05, 0.1) is 12.3 Å². The Labute approximate surface area is 201 Å². The molecule has 1 saturated carbocycles. The van der Waals surface area contributed by atoms with Gasteiger partial charge in [-0.1, -0.05) is 29.5 Å². The lowest BCUT2D eigenvalue weighted by molar-refractivity contribution is 0.126. The minimum Gasteiger partial charge on any atom is -0.415 e. The topological polar surface area (TPSA) is 125 Å². The summed E-state index contributed by atoms with van der Waals surface area (Å²) in [5.74, 6) is 2.85. The maximum absolute atomic E-state index is 9.77. The predicted octanol–water partition coefficient (Wildman–Crippen LogP) is 4.18. The second-order valence-electron chi connectivity index (χ2n) is 8.41. The third-order valence-corrected chi connectivity index (χ3v) is 6.50. The van der Waals surface area contributed by atoms with Gasteiger partial charge in [-0.05, 0) is 37.8 Å². The molecule has 0 saturated heterocycles. The monoisotopic (exact) mass is 478 g/mol. The molecule has 3 heterocycles. The molecule has 3 aromatic heterocycles. The van der Waals surface area contributed by atoms with Gasteiger partial charge in [-0.25, -0.2) is 4.98 Å². The molecule has 0 atom stereocenters. The van der Waals surface area contributed by atoms with Crippen molar-refractivity contribution >= 4 is 34.1 Å². The second-order valence-corrected chi connectivity index (χ2v) is 9.44. The number of nitrogens with zero attached hydrogens (tertiary/aromatic N) is 6. The van der Waals surface area contributed by atoms with E-state index in [0.717, 1.165) is 41.9 Å². The van der Waals surface area contributed by atoms with Crippen LogP contribution in [0.25, 0.3) is 22.2 Å². The molecule has 0 aliphatic heterocycles. The van der Waals surface area contributed by atoms with Crippen molar-refractivity contribution in [3.63, 3.8) is 0 Å². The molecule has 3 N–H and O–H groups in total. The van der Waals surface area contributed by atoms with Gasteiger partial charge >= 0.3 is 0 Å². The predicted molar refractivity (Wildman–Crippen MR) is 132 cm³/mol. The summed E-state index contributed by atoms with van der Waals surface area (Å²) < 4.78 is 5.84. The van der Waals surface area contributed by atoms with Gasteiger partial charge in [0.25, 0.3) is 5.89 Å². The number of hydrogen-bond acceptors (Lipinski definition) is 11. The normalized spacial score (nSPS) is 18.0. The van der Waals surface area contributed by atoms with E-state index in [1.165, 1.54) is 11.3 Å². The number of benzene rings is 1. The molecule has 0 unspecified atom stereocenters. The van der Waals surface area contributed by atoms with Gasteiger partial charge in [-0.3, -0.25) is 0 Å². The van der Waals surface area contributed by atoms with Crippen molar-refractivity contribution in [2.24, 2.45) is 0 Å². The minimum atomic E-state index is -0.203. The summed E-state index contributed by atoms with van der Waals surface area (Å²) in [6, 6.07) is 11.8. The number of rotatable bonds is 7. The van der Waals surface area contributed by atoms with Gasteiger partial charge in [-0.2, -0.15) is 9.97 Å². The largest absolute Gasteiger partial charge is 0.415 e. The number of anilines is 4. The Morgan fingerprint density at radius 2 is 1.79 bits per heavy atom. The third kappa shape index (κ3) is 5.15. The fraction of sp³-hybridized carbons (Fsp3) is 0.348. The molecular formula is C23H26N8O2S. The van der Waals surface area contributed by atoms with Crippen LogP contribution < -0.4 is 15.5 Å². The van der Waals surface area contributed by atoms with Gasteiger partial charge < -0.3 is 25.1 Å². The molecule has 0 amide bonds. The maximum Gasteiger partial charge on any atom is 0.259 e. The van der Waals surface area contributed by atoms with Crippen molar-refractivity contribution in [3.8, 4) is 22.2 Å². The molecular weight excluding hydrogens is 452 g/mol. The van der Waals surface area contributed by atoms with Crippen molar-refractivity contribution < 1.29 is 9.52 Å². The van der Waals surface area contributed by atoms with E-state index in [2.05, 4.69) is 35.8 Å². The molecule has 1 aliphatic carbocycles. The van der Waals surface area contributed by atoms with Crippen LogP contribution in [-0.2, 0) is 0 Å². The fourth-order valence-electron chi connectivity index (χ4n) is 3.76.